The summed E-state index contributed by atoms with van der Waals surface area (Å²) in [6, 6.07) is 3.46. The van der Waals surface area contributed by atoms with Crippen molar-refractivity contribution >= 4 is 21.3 Å². The molecule has 0 fully saturated rings. The van der Waals surface area contributed by atoms with Crippen LogP contribution in [0.4, 0.5) is 5.69 Å². The molecule has 0 N–H and O–H groups in total. The zero-order valence-electron chi connectivity index (χ0n) is 8.04. The minimum absolute atomic E-state index is 0.0256. The SMILES string of the molecule is O=C1Cc2cc([N+](=O)[O-])ccc2S(=O)(=O)C1. The van der Waals surface area contributed by atoms with E-state index in [1.54, 1.807) is 0 Å². The quantitative estimate of drug-likeness (QED) is 0.527. The minimum Gasteiger partial charge on any atom is -0.298 e. The Bertz CT molecular complexity index is 590. The predicted molar refractivity (Wildman–Crippen MR) is 53.9 cm³/mol. The molecule has 1 aromatic carbocycles. The Morgan fingerprint density at radius 2 is 2.00 bits per heavy atom. The first kappa shape index (κ1) is 10.7. The van der Waals surface area contributed by atoms with E-state index < -0.39 is 26.3 Å². The molecule has 1 aliphatic rings. The van der Waals surface area contributed by atoms with Crippen LogP contribution in [0.2, 0.25) is 0 Å². The van der Waals surface area contributed by atoms with Gasteiger partial charge in [-0.3, -0.25) is 14.9 Å². The summed E-state index contributed by atoms with van der Waals surface area (Å²) in [4.78, 5) is 21.1. The van der Waals surface area contributed by atoms with Gasteiger partial charge in [-0.2, -0.15) is 0 Å². The fourth-order valence-corrected chi connectivity index (χ4v) is 3.16. The molecule has 6 nitrogen and oxygen atoms in total. The highest BCUT2D eigenvalue weighted by atomic mass is 32.2. The third-order valence-corrected chi connectivity index (χ3v) is 4.10. The molecular formula is C9H7NO5S. The Kier molecular flexibility index (Phi) is 2.27. The van der Waals surface area contributed by atoms with Gasteiger partial charge in [0.15, 0.2) is 15.6 Å². The van der Waals surface area contributed by atoms with Gasteiger partial charge in [-0.15, -0.1) is 0 Å². The molecule has 0 bridgehead atoms. The van der Waals surface area contributed by atoms with E-state index in [9.17, 15) is 23.3 Å². The van der Waals surface area contributed by atoms with Crippen LogP contribution >= 0.6 is 0 Å². The monoisotopic (exact) mass is 241 g/mol. The van der Waals surface area contributed by atoms with E-state index in [4.69, 9.17) is 0 Å². The number of carbonyl (C=O) groups excluding carboxylic acids is 1. The molecular weight excluding hydrogens is 234 g/mol. The molecule has 1 aliphatic heterocycles. The molecule has 0 aliphatic carbocycles. The van der Waals surface area contributed by atoms with Gasteiger partial charge in [0.1, 0.15) is 5.75 Å². The maximum absolute atomic E-state index is 11.6. The van der Waals surface area contributed by atoms with Gasteiger partial charge >= 0.3 is 0 Å². The van der Waals surface area contributed by atoms with Gasteiger partial charge < -0.3 is 0 Å². The standard InChI is InChI=1S/C9H7NO5S/c11-8-4-6-3-7(10(12)13)1-2-9(6)16(14,15)5-8/h1-3H,4-5H2. The summed E-state index contributed by atoms with van der Waals surface area (Å²) in [6.07, 6.45) is -0.0593. The van der Waals surface area contributed by atoms with Crippen LogP contribution in [0, 0.1) is 10.1 Å². The molecule has 2 rings (SSSR count). The van der Waals surface area contributed by atoms with Gasteiger partial charge in [-0.25, -0.2) is 8.42 Å². The largest absolute Gasteiger partial charge is 0.298 e. The second kappa shape index (κ2) is 3.38. The van der Waals surface area contributed by atoms with Gasteiger partial charge in [0.05, 0.1) is 9.82 Å². The molecule has 1 heterocycles. The first-order chi connectivity index (χ1) is 7.40. The highest BCUT2D eigenvalue weighted by Crippen LogP contribution is 2.26. The lowest BCUT2D eigenvalue weighted by Gasteiger charge is -2.14. The van der Waals surface area contributed by atoms with E-state index in [0.29, 0.717) is 0 Å². The van der Waals surface area contributed by atoms with Crippen molar-refractivity contribution in [2.24, 2.45) is 0 Å². The minimum atomic E-state index is -3.61. The fraction of sp³-hybridized carbons (Fsp3) is 0.222. The molecule has 0 atom stereocenters. The van der Waals surface area contributed by atoms with Crippen LogP contribution in [-0.2, 0) is 21.1 Å². The van der Waals surface area contributed by atoms with Crippen LogP contribution < -0.4 is 0 Å². The van der Waals surface area contributed by atoms with Crippen LogP contribution in [0.5, 0.6) is 0 Å². The smallest absolute Gasteiger partial charge is 0.269 e. The van der Waals surface area contributed by atoms with Gasteiger partial charge in [-0.05, 0) is 11.6 Å². The number of nitrogens with zero attached hydrogens (tertiary/aromatic N) is 1. The molecule has 0 saturated heterocycles. The first-order valence-corrected chi connectivity index (χ1v) is 6.07. The number of nitro benzene ring substituents is 1. The Labute approximate surface area is 91.0 Å². The number of carbonyl (C=O) groups is 1. The summed E-state index contributed by atoms with van der Waals surface area (Å²) in [5.41, 5.74) is 0.00843. The third kappa shape index (κ3) is 1.69. The van der Waals surface area contributed by atoms with E-state index >= 15 is 0 Å². The number of sulfone groups is 1. The van der Waals surface area contributed by atoms with Crippen molar-refractivity contribution in [3.8, 4) is 0 Å². The van der Waals surface area contributed by atoms with Crippen LogP contribution in [0.25, 0.3) is 0 Å². The van der Waals surface area contributed by atoms with Gasteiger partial charge in [0.25, 0.3) is 5.69 Å². The van der Waals surface area contributed by atoms with Crippen LogP contribution in [-0.4, -0.2) is 24.9 Å². The summed E-state index contributed by atoms with van der Waals surface area (Å²) >= 11 is 0. The van der Waals surface area contributed by atoms with Gasteiger partial charge in [0.2, 0.25) is 0 Å². The Hall–Kier alpha value is -1.76. The van der Waals surface area contributed by atoms with E-state index in [1.807, 2.05) is 0 Å². The van der Waals surface area contributed by atoms with E-state index in [2.05, 4.69) is 0 Å². The highest BCUT2D eigenvalue weighted by molar-refractivity contribution is 7.92. The van der Waals surface area contributed by atoms with E-state index in [-0.39, 0.29) is 22.6 Å². The second-order valence-corrected chi connectivity index (χ2v) is 5.48. The molecule has 0 unspecified atom stereocenters. The van der Waals surface area contributed by atoms with Crippen molar-refractivity contribution in [1.29, 1.82) is 0 Å². The number of rotatable bonds is 1. The van der Waals surface area contributed by atoms with Gasteiger partial charge in [0, 0.05) is 18.6 Å². The van der Waals surface area contributed by atoms with E-state index in [1.165, 1.54) is 6.07 Å². The molecule has 0 spiro atoms. The Morgan fingerprint density at radius 3 is 2.62 bits per heavy atom. The average molecular weight is 241 g/mol. The fourth-order valence-electron chi connectivity index (χ4n) is 1.67. The first-order valence-electron chi connectivity index (χ1n) is 4.42. The van der Waals surface area contributed by atoms with Crippen LogP contribution in [0.3, 0.4) is 0 Å². The molecule has 0 radical (unpaired) electrons. The van der Waals surface area contributed by atoms with Crippen molar-refractivity contribution < 1.29 is 18.1 Å². The number of nitro groups is 1. The average Bonchev–Trinajstić information content (AvgIpc) is 2.14. The zero-order valence-corrected chi connectivity index (χ0v) is 8.86. The van der Waals surface area contributed by atoms with Crippen LogP contribution in [0.1, 0.15) is 5.56 Å². The molecule has 1 aromatic rings. The summed E-state index contributed by atoms with van der Waals surface area (Å²) < 4.78 is 23.1. The van der Waals surface area contributed by atoms with Crippen molar-refractivity contribution in [3.05, 3.63) is 33.9 Å². The lowest BCUT2D eigenvalue weighted by atomic mass is 10.1. The summed E-state index contributed by atoms with van der Waals surface area (Å²) in [5, 5.41) is 10.5. The molecule has 7 heteroatoms. The van der Waals surface area contributed by atoms with Crippen molar-refractivity contribution in [3.63, 3.8) is 0 Å². The van der Waals surface area contributed by atoms with Crippen molar-refractivity contribution in [2.75, 3.05) is 5.75 Å². The number of non-ortho nitro benzene ring substituents is 1. The van der Waals surface area contributed by atoms with Crippen molar-refractivity contribution in [1.82, 2.24) is 0 Å². The maximum Gasteiger partial charge on any atom is 0.269 e. The number of benzene rings is 1. The predicted octanol–water partition coefficient (Wildman–Crippen LogP) is 0.494. The summed E-state index contributed by atoms with van der Waals surface area (Å²) in [6.45, 7) is 0. The van der Waals surface area contributed by atoms with Crippen molar-refractivity contribution in [2.45, 2.75) is 11.3 Å². The summed E-state index contributed by atoms with van der Waals surface area (Å²) in [5.74, 6) is -0.953. The lowest BCUT2D eigenvalue weighted by Crippen LogP contribution is -2.25. The topological polar surface area (TPSA) is 94.3 Å². The summed E-state index contributed by atoms with van der Waals surface area (Å²) in [7, 11) is -3.61. The third-order valence-electron chi connectivity index (χ3n) is 2.33. The van der Waals surface area contributed by atoms with E-state index in [0.717, 1.165) is 12.1 Å². The highest BCUT2D eigenvalue weighted by Gasteiger charge is 2.29. The number of fused-ring (bicyclic) bond motifs is 1. The van der Waals surface area contributed by atoms with Crippen LogP contribution in [0.15, 0.2) is 23.1 Å². The number of hydrogen-bond donors (Lipinski definition) is 0. The molecule has 0 amide bonds. The molecule has 0 aromatic heterocycles. The number of ketones is 1. The zero-order chi connectivity index (χ0) is 11.9. The Balaban J connectivity index is 2.64. The molecule has 16 heavy (non-hydrogen) atoms. The lowest BCUT2D eigenvalue weighted by molar-refractivity contribution is -0.385. The molecule has 84 valence electrons. The van der Waals surface area contributed by atoms with Gasteiger partial charge in [-0.1, -0.05) is 0 Å². The maximum atomic E-state index is 11.6. The molecule has 0 saturated carbocycles. The second-order valence-electron chi connectivity index (χ2n) is 3.52. The number of hydrogen-bond acceptors (Lipinski definition) is 5. The normalized spacial score (nSPS) is 17.9. The Morgan fingerprint density at radius 1 is 1.31 bits per heavy atom. The number of Topliss-reactive ketones (excluding diaryl/α,β-unsaturated/α-hetero) is 1.